The van der Waals surface area contributed by atoms with Crippen LogP contribution in [-0.4, -0.2) is 18.2 Å². The first-order valence-electron chi connectivity index (χ1n) is 6.20. The van der Waals surface area contributed by atoms with Crippen molar-refractivity contribution in [3.63, 3.8) is 0 Å². The van der Waals surface area contributed by atoms with Crippen molar-refractivity contribution >= 4 is 5.97 Å². The molecule has 0 fully saturated rings. The van der Waals surface area contributed by atoms with Crippen molar-refractivity contribution < 1.29 is 19.4 Å². The fourth-order valence-corrected chi connectivity index (χ4v) is 1.94. The molecule has 0 atom stereocenters. The van der Waals surface area contributed by atoms with Gasteiger partial charge in [0, 0.05) is 5.56 Å². The lowest BCUT2D eigenvalue weighted by molar-refractivity contribution is 0.0691. The van der Waals surface area contributed by atoms with Crippen LogP contribution in [0.5, 0.6) is 11.5 Å². The average Bonchev–Trinajstić information content (AvgIpc) is 2.45. The van der Waals surface area contributed by atoms with E-state index in [0.717, 1.165) is 16.9 Å². The Morgan fingerprint density at radius 1 is 1.15 bits per heavy atom. The Balaban J connectivity index is 2.21. The predicted octanol–water partition coefficient (Wildman–Crippen LogP) is 3.28. The van der Waals surface area contributed by atoms with Gasteiger partial charge in [0.15, 0.2) is 0 Å². The van der Waals surface area contributed by atoms with E-state index >= 15 is 0 Å². The number of hydrogen-bond donors (Lipinski definition) is 1. The molecule has 0 saturated heterocycles. The summed E-state index contributed by atoms with van der Waals surface area (Å²) in [5.41, 5.74) is 2.13. The summed E-state index contributed by atoms with van der Waals surface area (Å²) in [5, 5.41) is 9.10. The SMILES string of the molecule is COc1ccc(C)cc1COc1ccccc1C(=O)O. The number of aryl methyl sites for hydroxylation is 1. The number of aromatic carboxylic acids is 1. The van der Waals surface area contributed by atoms with E-state index in [2.05, 4.69) is 0 Å². The molecule has 2 rings (SSSR count). The zero-order chi connectivity index (χ0) is 14.5. The number of rotatable bonds is 5. The van der Waals surface area contributed by atoms with Crippen molar-refractivity contribution in [3.8, 4) is 11.5 Å². The van der Waals surface area contributed by atoms with Gasteiger partial charge in [-0.2, -0.15) is 0 Å². The third kappa shape index (κ3) is 3.09. The molecule has 0 amide bonds. The van der Waals surface area contributed by atoms with Crippen molar-refractivity contribution in [2.75, 3.05) is 7.11 Å². The standard InChI is InChI=1S/C16H16O4/c1-11-7-8-14(19-2)12(9-11)10-20-15-6-4-3-5-13(15)16(17)18/h3-9H,10H2,1-2H3,(H,17,18). The molecule has 2 aromatic carbocycles. The smallest absolute Gasteiger partial charge is 0.339 e. The van der Waals surface area contributed by atoms with E-state index in [4.69, 9.17) is 14.6 Å². The van der Waals surface area contributed by atoms with Crippen molar-refractivity contribution in [2.45, 2.75) is 13.5 Å². The van der Waals surface area contributed by atoms with Gasteiger partial charge in [-0.1, -0.05) is 23.8 Å². The number of carboxylic acid groups (broad SMARTS) is 1. The Morgan fingerprint density at radius 2 is 1.90 bits per heavy atom. The van der Waals surface area contributed by atoms with Gasteiger partial charge in [0.1, 0.15) is 23.7 Å². The quantitative estimate of drug-likeness (QED) is 0.907. The first-order chi connectivity index (χ1) is 9.61. The first kappa shape index (κ1) is 13.9. The molecule has 0 aliphatic carbocycles. The first-order valence-corrected chi connectivity index (χ1v) is 6.20. The fourth-order valence-electron chi connectivity index (χ4n) is 1.94. The van der Waals surface area contributed by atoms with E-state index in [0.29, 0.717) is 5.75 Å². The normalized spacial score (nSPS) is 10.1. The highest BCUT2D eigenvalue weighted by molar-refractivity contribution is 5.90. The summed E-state index contributed by atoms with van der Waals surface area (Å²) >= 11 is 0. The van der Waals surface area contributed by atoms with Crippen LogP contribution in [0.15, 0.2) is 42.5 Å². The Kier molecular flexibility index (Phi) is 4.25. The molecule has 104 valence electrons. The highest BCUT2D eigenvalue weighted by Crippen LogP contribution is 2.24. The maximum atomic E-state index is 11.1. The summed E-state index contributed by atoms with van der Waals surface area (Å²) < 4.78 is 10.9. The monoisotopic (exact) mass is 272 g/mol. The van der Waals surface area contributed by atoms with Gasteiger partial charge in [-0.05, 0) is 31.2 Å². The maximum Gasteiger partial charge on any atom is 0.339 e. The summed E-state index contributed by atoms with van der Waals surface area (Å²) in [5.74, 6) is 0.0729. The van der Waals surface area contributed by atoms with Crippen LogP contribution in [-0.2, 0) is 6.61 Å². The fraction of sp³-hybridized carbons (Fsp3) is 0.188. The lowest BCUT2D eigenvalue weighted by atomic mass is 10.1. The molecule has 0 saturated carbocycles. The van der Waals surface area contributed by atoms with Crippen LogP contribution in [0.2, 0.25) is 0 Å². The van der Waals surface area contributed by atoms with E-state index < -0.39 is 5.97 Å². The molecule has 0 unspecified atom stereocenters. The van der Waals surface area contributed by atoms with Crippen molar-refractivity contribution in [3.05, 3.63) is 59.2 Å². The largest absolute Gasteiger partial charge is 0.496 e. The zero-order valence-corrected chi connectivity index (χ0v) is 11.4. The molecule has 4 nitrogen and oxygen atoms in total. The van der Waals surface area contributed by atoms with Gasteiger partial charge in [-0.25, -0.2) is 4.79 Å². The van der Waals surface area contributed by atoms with Gasteiger partial charge in [0.2, 0.25) is 0 Å². The summed E-state index contributed by atoms with van der Waals surface area (Å²) in [7, 11) is 1.60. The van der Waals surface area contributed by atoms with E-state index in [-0.39, 0.29) is 12.2 Å². The molecule has 1 N–H and O–H groups in total. The van der Waals surface area contributed by atoms with Crippen LogP contribution in [0.4, 0.5) is 0 Å². The van der Waals surface area contributed by atoms with Crippen LogP contribution in [0.1, 0.15) is 21.5 Å². The number of para-hydroxylation sites is 1. The molecule has 0 spiro atoms. The molecule has 2 aromatic rings. The zero-order valence-electron chi connectivity index (χ0n) is 11.4. The van der Waals surface area contributed by atoms with E-state index in [9.17, 15) is 4.79 Å². The number of ether oxygens (including phenoxy) is 2. The lowest BCUT2D eigenvalue weighted by Crippen LogP contribution is -2.04. The number of carbonyl (C=O) groups is 1. The average molecular weight is 272 g/mol. The Bertz CT molecular complexity index is 620. The molecule has 0 bridgehead atoms. The molecular weight excluding hydrogens is 256 g/mol. The molecule has 0 aromatic heterocycles. The second-order valence-electron chi connectivity index (χ2n) is 4.41. The number of benzene rings is 2. The number of hydrogen-bond acceptors (Lipinski definition) is 3. The summed E-state index contributed by atoms with van der Waals surface area (Å²) in [4.78, 5) is 11.1. The van der Waals surface area contributed by atoms with E-state index in [1.807, 2.05) is 25.1 Å². The number of carboxylic acids is 1. The highest BCUT2D eigenvalue weighted by atomic mass is 16.5. The summed E-state index contributed by atoms with van der Waals surface area (Å²) in [6.07, 6.45) is 0. The van der Waals surface area contributed by atoms with Gasteiger partial charge in [-0.3, -0.25) is 0 Å². The van der Waals surface area contributed by atoms with Gasteiger partial charge >= 0.3 is 5.97 Å². The van der Waals surface area contributed by atoms with Gasteiger partial charge in [0.25, 0.3) is 0 Å². The second-order valence-corrected chi connectivity index (χ2v) is 4.41. The number of methoxy groups -OCH3 is 1. The van der Waals surface area contributed by atoms with Crippen molar-refractivity contribution in [1.29, 1.82) is 0 Å². The van der Waals surface area contributed by atoms with Crippen LogP contribution >= 0.6 is 0 Å². The van der Waals surface area contributed by atoms with Crippen LogP contribution < -0.4 is 9.47 Å². The maximum absolute atomic E-state index is 11.1. The summed E-state index contributed by atoms with van der Waals surface area (Å²) in [6.45, 7) is 2.24. The molecule has 0 aliphatic rings. The molecular formula is C16H16O4. The molecule has 0 heterocycles. The minimum atomic E-state index is -1.00. The van der Waals surface area contributed by atoms with E-state index in [1.165, 1.54) is 6.07 Å². The van der Waals surface area contributed by atoms with Gasteiger partial charge in [-0.15, -0.1) is 0 Å². The lowest BCUT2D eigenvalue weighted by Gasteiger charge is -2.12. The molecule has 0 aliphatic heterocycles. The van der Waals surface area contributed by atoms with Crippen LogP contribution in [0.25, 0.3) is 0 Å². The summed E-state index contributed by atoms with van der Waals surface area (Å²) in [6, 6.07) is 12.4. The molecule has 4 heteroatoms. The van der Waals surface area contributed by atoms with Crippen molar-refractivity contribution in [2.24, 2.45) is 0 Å². The third-order valence-corrected chi connectivity index (χ3v) is 2.94. The minimum absolute atomic E-state index is 0.152. The topological polar surface area (TPSA) is 55.8 Å². The molecule has 0 radical (unpaired) electrons. The third-order valence-electron chi connectivity index (χ3n) is 2.94. The van der Waals surface area contributed by atoms with Crippen LogP contribution in [0, 0.1) is 6.92 Å². The highest BCUT2D eigenvalue weighted by Gasteiger charge is 2.11. The van der Waals surface area contributed by atoms with Gasteiger partial charge < -0.3 is 14.6 Å². The predicted molar refractivity (Wildman–Crippen MR) is 75.5 cm³/mol. The van der Waals surface area contributed by atoms with Crippen molar-refractivity contribution in [1.82, 2.24) is 0 Å². The Hall–Kier alpha value is -2.49. The van der Waals surface area contributed by atoms with Gasteiger partial charge in [0.05, 0.1) is 7.11 Å². The van der Waals surface area contributed by atoms with Crippen LogP contribution in [0.3, 0.4) is 0 Å². The Labute approximate surface area is 117 Å². The van der Waals surface area contributed by atoms with E-state index in [1.54, 1.807) is 25.3 Å². The second kappa shape index (κ2) is 6.10. The minimum Gasteiger partial charge on any atom is -0.496 e. The Morgan fingerprint density at radius 3 is 2.60 bits per heavy atom. The molecule has 20 heavy (non-hydrogen) atoms.